The third kappa shape index (κ3) is 3.71. The molecule has 2 fully saturated rings. The predicted octanol–water partition coefficient (Wildman–Crippen LogP) is 2.42. The summed E-state index contributed by atoms with van der Waals surface area (Å²) in [5, 5.41) is 24.7. The van der Waals surface area contributed by atoms with E-state index < -0.39 is 30.8 Å². The average Bonchev–Trinajstić information content (AvgIpc) is 3.47. The second kappa shape index (κ2) is 8.22. The normalized spacial score (nSPS) is 28.5. The van der Waals surface area contributed by atoms with E-state index in [4.69, 9.17) is 11.6 Å². The first kappa shape index (κ1) is 20.4. The molecular weight excluding hydrogens is 423 g/mol. The van der Waals surface area contributed by atoms with Gasteiger partial charge in [-0.25, -0.2) is 15.0 Å². The van der Waals surface area contributed by atoms with Gasteiger partial charge in [-0.15, -0.1) is 0 Å². The fraction of sp³-hybridized carbons (Fsp3) is 0.476. The van der Waals surface area contributed by atoms with E-state index in [1.165, 1.54) is 6.33 Å². The number of alkyl halides is 1. The topological polar surface area (TPSA) is 99.3 Å². The van der Waals surface area contributed by atoms with Crippen LogP contribution in [0.15, 0.2) is 36.9 Å². The van der Waals surface area contributed by atoms with Crippen molar-refractivity contribution in [3.63, 3.8) is 0 Å². The third-order valence-corrected chi connectivity index (χ3v) is 6.62. The molecule has 1 aliphatic heterocycles. The summed E-state index contributed by atoms with van der Waals surface area (Å²) in [6, 6.07) is 7.51. The van der Waals surface area contributed by atoms with Gasteiger partial charge < -0.3 is 25.0 Å². The molecule has 5 atom stereocenters. The Morgan fingerprint density at radius 1 is 1.19 bits per heavy atom. The van der Waals surface area contributed by atoms with Gasteiger partial charge in [-0.1, -0.05) is 17.7 Å². The van der Waals surface area contributed by atoms with Crippen molar-refractivity contribution >= 4 is 34.3 Å². The van der Waals surface area contributed by atoms with Crippen LogP contribution in [0.25, 0.3) is 11.2 Å². The summed E-state index contributed by atoms with van der Waals surface area (Å²) in [4.78, 5) is 15.5. The lowest BCUT2D eigenvalue weighted by Crippen LogP contribution is -2.30. The molecule has 164 valence electrons. The highest BCUT2D eigenvalue weighted by Gasteiger charge is 2.43. The molecule has 8 nitrogen and oxygen atoms in total. The summed E-state index contributed by atoms with van der Waals surface area (Å²) in [5.74, 6) is 0.0321. The molecule has 0 spiro atoms. The highest BCUT2D eigenvalue weighted by atomic mass is 35.5. The van der Waals surface area contributed by atoms with E-state index in [-0.39, 0.29) is 6.04 Å². The Kier molecular flexibility index (Phi) is 5.41. The van der Waals surface area contributed by atoms with Crippen molar-refractivity contribution in [3.05, 3.63) is 41.9 Å². The summed E-state index contributed by atoms with van der Waals surface area (Å²) >= 11 is 6.12. The molecule has 0 amide bonds. The molecule has 3 aromatic rings. The molecule has 1 saturated heterocycles. The first-order chi connectivity index (χ1) is 15.0. The molecule has 10 heteroatoms. The van der Waals surface area contributed by atoms with Crippen molar-refractivity contribution in [3.8, 4) is 0 Å². The molecule has 1 aromatic carbocycles. The number of imidazole rings is 1. The van der Waals surface area contributed by atoms with Gasteiger partial charge >= 0.3 is 0 Å². The van der Waals surface area contributed by atoms with E-state index in [9.17, 15) is 14.6 Å². The summed E-state index contributed by atoms with van der Waals surface area (Å²) < 4.78 is 14.9. The summed E-state index contributed by atoms with van der Waals surface area (Å²) in [5.41, 5.74) is 2.23. The molecule has 0 unspecified atom stereocenters. The lowest BCUT2D eigenvalue weighted by Gasteiger charge is -2.20. The number of fused-ring (bicyclic) bond motifs is 1. The number of benzene rings is 1. The van der Waals surface area contributed by atoms with Crippen molar-refractivity contribution in [2.45, 2.75) is 37.1 Å². The summed E-state index contributed by atoms with van der Waals surface area (Å²) in [6.07, 6.45) is 2.14. The van der Waals surface area contributed by atoms with Crippen LogP contribution in [0.4, 0.5) is 15.9 Å². The van der Waals surface area contributed by atoms with E-state index in [0.717, 1.165) is 25.2 Å². The van der Waals surface area contributed by atoms with Gasteiger partial charge in [0, 0.05) is 35.8 Å². The second-order valence-corrected chi connectivity index (χ2v) is 8.74. The molecule has 3 heterocycles. The van der Waals surface area contributed by atoms with Crippen molar-refractivity contribution in [1.82, 2.24) is 19.5 Å². The van der Waals surface area contributed by atoms with Gasteiger partial charge in [0.15, 0.2) is 11.5 Å². The quantitative estimate of drug-likeness (QED) is 0.553. The first-order valence-electron chi connectivity index (χ1n) is 10.4. The zero-order valence-corrected chi connectivity index (χ0v) is 17.5. The number of aromatic nitrogens is 4. The van der Waals surface area contributed by atoms with E-state index >= 15 is 0 Å². The standard InChI is InChI=1S/C21H24ClFN6O2/c22-13-2-1-3-15(7-13)28-5-4-14(9-28)27-20-17-21(25-10-24-20)29(11-26-17)16-6-12(8-23)18(30)19(16)31/h1-3,7,10-12,14,16,18-19,30-31H,4-6,8-9H2,(H,24,25,27)/t12-,14+,16+,18-,19-/m1/s1. The van der Waals surface area contributed by atoms with Gasteiger partial charge in [-0.3, -0.25) is 4.39 Å². The van der Waals surface area contributed by atoms with Gasteiger partial charge in [0.2, 0.25) is 0 Å². The van der Waals surface area contributed by atoms with Gasteiger partial charge in [-0.2, -0.15) is 0 Å². The average molecular weight is 447 g/mol. The fourth-order valence-electron chi connectivity index (χ4n) is 4.71. The van der Waals surface area contributed by atoms with Crippen molar-refractivity contribution in [2.24, 2.45) is 5.92 Å². The number of aliphatic hydroxyl groups is 2. The highest BCUT2D eigenvalue weighted by molar-refractivity contribution is 6.30. The third-order valence-electron chi connectivity index (χ3n) is 6.39. The van der Waals surface area contributed by atoms with Crippen molar-refractivity contribution < 1.29 is 14.6 Å². The zero-order valence-electron chi connectivity index (χ0n) is 16.8. The zero-order chi connectivity index (χ0) is 21.5. The van der Waals surface area contributed by atoms with Gasteiger partial charge in [0.1, 0.15) is 17.9 Å². The molecule has 5 rings (SSSR count). The van der Waals surface area contributed by atoms with E-state index in [0.29, 0.717) is 28.4 Å². The number of nitrogens with one attached hydrogen (secondary N) is 1. The minimum Gasteiger partial charge on any atom is -0.390 e. The molecular formula is C21H24ClFN6O2. The largest absolute Gasteiger partial charge is 0.390 e. The van der Waals surface area contributed by atoms with Crippen LogP contribution in [0.5, 0.6) is 0 Å². The van der Waals surface area contributed by atoms with Crippen LogP contribution >= 0.6 is 11.6 Å². The van der Waals surface area contributed by atoms with Gasteiger partial charge in [-0.05, 0) is 31.0 Å². The number of halogens is 2. The van der Waals surface area contributed by atoms with Crippen LogP contribution in [-0.2, 0) is 0 Å². The maximum Gasteiger partial charge on any atom is 0.165 e. The number of aliphatic hydroxyl groups excluding tert-OH is 2. The minimum atomic E-state index is -1.09. The number of hydrogen-bond donors (Lipinski definition) is 3. The van der Waals surface area contributed by atoms with Crippen LogP contribution in [0.2, 0.25) is 5.02 Å². The van der Waals surface area contributed by atoms with E-state index in [1.807, 2.05) is 24.3 Å². The maximum atomic E-state index is 13.2. The second-order valence-electron chi connectivity index (χ2n) is 8.30. The number of anilines is 2. The fourth-order valence-corrected chi connectivity index (χ4v) is 4.89. The van der Waals surface area contributed by atoms with Crippen LogP contribution in [0, 0.1) is 5.92 Å². The molecule has 1 aliphatic carbocycles. The summed E-state index contributed by atoms with van der Waals surface area (Å²) in [7, 11) is 0. The first-order valence-corrected chi connectivity index (χ1v) is 10.8. The number of nitrogens with zero attached hydrogens (tertiary/aromatic N) is 5. The van der Waals surface area contributed by atoms with Crippen LogP contribution in [-0.4, -0.2) is 67.7 Å². The predicted molar refractivity (Wildman–Crippen MR) is 116 cm³/mol. The van der Waals surface area contributed by atoms with Gasteiger partial charge in [0.25, 0.3) is 0 Å². The van der Waals surface area contributed by atoms with Crippen molar-refractivity contribution in [2.75, 3.05) is 30.0 Å². The smallest absolute Gasteiger partial charge is 0.165 e. The molecule has 31 heavy (non-hydrogen) atoms. The molecule has 1 saturated carbocycles. The van der Waals surface area contributed by atoms with Crippen LogP contribution < -0.4 is 10.2 Å². The van der Waals surface area contributed by atoms with E-state index in [1.54, 1.807) is 10.9 Å². The Hall–Kier alpha value is -2.49. The Bertz CT molecular complexity index is 1080. The van der Waals surface area contributed by atoms with E-state index in [2.05, 4.69) is 25.2 Å². The number of hydrogen-bond acceptors (Lipinski definition) is 7. The molecule has 3 N–H and O–H groups in total. The van der Waals surface area contributed by atoms with Gasteiger partial charge in [0.05, 0.1) is 25.1 Å². The lowest BCUT2D eigenvalue weighted by atomic mass is 10.1. The lowest BCUT2D eigenvalue weighted by molar-refractivity contribution is 0.00271. The molecule has 0 radical (unpaired) electrons. The monoisotopic (exact) mass is 446 g/mol. The Morgan fingerprint density at radius 2 is 2.06 bits per heavy atom. The molecule has 2 aliphatic rings. The van der Waals surface area contributed by atoms with Crippen molar-refractivity contribution in [1.29, 1.82) is 0 Å². The Labute approximate surface area is 183 Å². The molecule has 0 bridgehead atoms. The summed E-state index contributed by atoms with van der Waals surface area (Å²) in [6.45, 7) is 1.03. The van der Waals surface area contributed by atoms with Crippen LogP contribution in [0.1, 0.15) is 18.9 Å². The Balaban J connectivity index is 1.35. The number of rotatable bonds is 5. The van der Waals surface area contributed by atoms with Crippen LogP contribution in [0.3, 0.4) is 0 Å². The Morgan fingerprint density at radius 3 is 2.84 bits per heavy atom. The maximum absolute atomic E-state index is 13.2. The minimum absolute atomic E-state index is 0.178. The molecule has 2 aromatic heterocycles. The highest BCUT2D eigenvalue weighted by Crippen LogP contribution is 2.37. The SMILES string of the molecule is O[C@@H]1[C@@H](CF)C[C@H](n2cnc3c(N[C@H]4CCN(c5cccc(Cl)c5)C4)ncnc32)[C@H]1O.